The second-order valence-electron chi connectivity index (χ2n) is 9.18. The quantitative estimate of drug-likeness (QED) is 0.655. The van der Waals surface area contributed by atoms with E-state index in [1.807, 2.05) is 6.07 Å². The molecular weight excluding hydrogens is 440 g/mol. The lowest BCUT2D eigenvalue weighted by Gasteiger charge is -2.26. The van der Waals surface area contributed by atoms with Crippen LogP contribution in [0.25, 0.3) is 11.0 Å². The maximum Gasteiger partial charge on any atom is 0.235 e. The van der Waals surface area contributed by atoms with Crippen molar-refractivity contribution in [3.8, 4) is 0 Å². The molecular formula is C20H32N4O5S2. The number of primary sulfonamides is 1. The first kappa shape index (κ1) is 24.0. The first-order valence-electron chi connectivity index (χ1n) is 10.3. The predicted molar refractivity (Wildman–Crippen MR) is 122 cm³/mol. The molecule has 0 atom stereocenters. The average Bonchev–Trinajstić information content (AvgIpc) is 3.04. The molecule has 1 saturated heterocycles. The van der Waals surface area contributed by atoms with Crippen LogP contribution in [0.1, 0.15) is 39.4 Å². The molecule has 1 aromatic carbocycles. The van der Waals surface area contributed by atoms with Gasteiger partial charge in [0.15, 0.2) is 0 Å². The highest BCUT2D eigenvalue weighted by molar-refractivity contribution is 7.95. The average molecular weight is 473 g/mol. The Morgan fingerprint density at radius 3 is 2.39 bits per heavy atom. The molecule has 0 radical (unpaired) electrons. The van der Waals surface area contributed by atoms with Crippen molar-refractivity contribution in [3.63, 3.8) is 0 Å². The van der Waals surface area contributed by atoms with E-state index < -0.39 is 31.6 Å². The van der Waals surface area contributed by atoms with Crippen molar-refractivity contribution in [2.75, 3.05) is 36.1 Å². The number of nitrogens with zero attached hydrogens (tertiary/aromatic N) is 3. The number of nitrogens with two attached hydrogens (primary N) is 1. The molecule has 1 aromatic heterocycles. The van der Waals surface area contributed by atoms with E-state index in [2.05, 4.69) is 25.3 Å². The Morgan fingerprint density at radius 2 is 1.81 bits per heavy atom. The molecule has 2 N–H and O–H groups in total. The van der Waals surface area contributed by atoms with Crippen LogP contribution in [-0.4, -0.2) is 58.2 Å². The van der Waals surface area contributed by atoms with Crippen molar-refractivity contribution in [2.45, 2.75) is 45.6 Å². The predicted octanol–water partition coefficient (Wildman–Crippen LogP) is 1.81. The number of hydrogen-bond acceptors (Lipinski definition) is 6. The zero-order valence-corrected chi connectivity index (χ0v) is 20.2. The van der Waals surface area contributed by atoms with Gasteiger partial charge in [0.05, 0.1) is 28.2 Å². The largest absolute Gasteiger partial charge is 0.381 e. The van der Waals surface area contributed by atoms with Gasteiger partial charge in [0, 0.05) is 32.2 Å². The van der Waals surface area contributed by atoms with Gasteiger partial charge in [0.25, 0.3) is 0 Å². The zero-order valence-electron chi connectivity index (χ0n) is 18.5. The van der Waals surface area contributed by atoms with Crippen LogP contribution in [0.5, 0.6) is 0 Å². The van der Waals surface area contributed by atoms with Gasteiger partial charge in [-0.2, -0.15) is 0 Å². The van der Waals surface area contributed by atoms with Crippen molar-refractivity contribution in [3.05, 3.63) is 24.0 Å². The molecule has 2 heterocycles. The molecule has 0 spiro atoms. The molecule has 31 heavy (non-hydrogen) atoms. The topological polar surface area (TPSA) is 125 Å². The Bertz CT molecular complexity index is 1140. The van der Waals surface area contributed by atoms with Gasteiger partial charge in [0.2, 0.25) is 20.0 Å². The molecule has 11 heteroatoms. The first-order chi connectivity index (χ1) is 14.3. The summed E-state index contributed by atoms with van der Waals surface area (Å²) in [6.45, 7) is 8.72. The number of hydrogen-bond donors (Lipinski definition) is 1. The van der Waals surface area contributed by atoms with Crippen LogP contribution in [0.3, 0.4) is 0 Å². The van der Waals surface area contributed by atoms with E-state index in [1.54, 1.807) is 12.1 Å². The molecule has 2 aromatic rings. The summed E-state index contributed by atoms with van der Waals surface area (Å²) in [4.78, 5) is 4.85. The molecule has 1 fully saturated rings. The highest BCUT2D eigenvalue weighted by atomic mass is 32.2. The van der Waals surface area contributed by atoms with E-state index in [9.17, 15) is 16.8 Å². The van der Waals surface area contributed by atoms with Crippen LogP contribution in [-0.2, 0) is 36.7 Å². The minimum absolute atomic E-state index is 0.183. The number of anilines is 1. The molecule has 0 aliphatic carbocycles. The van der Waals surface area contributed by atoms with Gasteiger partial charge in [-0.05, 0) is 37.0 Å². The van der Waals surface area contributed by atoms with Gasteiger partial charge in [0.1, 0.15) is 5.82 Å². The Kier molecular flexibility index (Phi) is 6.71. The molecule has 3 rings (SSSR count). The van der Waals surface area contributed by atoms with Crippen molar-refractivity contribution in [2.24, 2.45) is 11.1 Å². The number of sulfonamides is 2. The zero-order chi connectivity index (χ0) is 23.0. The normalized spacial score (nSPS) is 16.7. The Balaban J connectivity index is 1.96. The minimum Gasteiger partial charge on any atom is -0.381 e. The van der Waals surface area contributed by atoms with E-state index in [-0.39, 0.29) is 5.41 Å². The van der Waals surface area contributed by atoms with Crippen molar-refractivity contribution < 1.29 is 21.6 Å². The van der Waals surface area contributed by atoms with Crippen LogP contribution in [0.4, 0.5) is 5.69 Å². The number of imidazole rings is 1. The van der Waals surface area contributed by atoms with Crippen molar-refractivity contribution >= 4 is 36.8 Å². The summed E-state index contributed by atoms with van der Waals surface area (Å²) in [5.41, 5.74) is 1.91. The minimum atomic E-state index is -3.87. The summed E-state index contributed by atoms with van der Waals surface area (Å²) in [6, 6.07) is 5.35. The SMILES string of the molecule is CN(c1ccc2c(c1)nc(C(C)(C)C)n2CC1CCOCC1)S(=O)(=O)CCS(N)(=O)=O. The van der Waals surface area contributed by atoms with Gasteiger partial charge < -0.3 is 9.30 Å². The lowest BCUT2D eigenvalue weighted by molar-refractivity contribution is 0.0611. The van der Waals surface area contributed by atoms with Crippen LogP contribution in [0.2, 0.25) is 0 Å². The third-order valence-corrected chi connectivity index (χ3v) is 8.39. The standard InChI is InChI=1S/C20H32N4O5S2/c1-20(2,3)19-22-17-13-16(23(4)31(27,28)12-11-30(21,25)26)5-6-18(17)24(19)14-15-7-9-29-10-8-15/h5-6,13,15H,7-12,14H2,1-4H3,(H2,21,25,26). The van der Waals surface area contributed by atoms with E-state index in [0.29, 0.717) is 17.1 Å². The van der Waals surface area contributed by atoms with Crippen molar-refractivity contribution in [1.29, 1.82) is 0 Å². The van der Waals surface area contributed by atoms with Gasteiger partial charge in [-0.25, -0.2) is 27.0 Å². The second-order valence-corrected chi connectivity index (χ2v) is 13.0. The lowest BCUT2D eigenvalue weighted by atomic mass is 9.94. The first-order valence-corrected chi connectivity index (χ1v) is 13.7. The fraction of sp³-hybridized carbons (Fsp3) is 0.650. The van der Waals surface area contributed by atoms with E-state index in [4.69, 9.17) is 14.9 Å². The Labute approximate surface area is 184 Å². The molecule has 0 amide bonds. The number of fused-ring (bicyclic) bond motifs is 1. The molecule has 9 nitrogen and oxygen atoms in total. The van der Waals surface area contributed by atoms with Crippen LogP contribution in [0.15, 0.2) is 18.2 Å². The Hall–Kier alpha value is -1.69. The summed E-state index contributed by atoms with van der Waals surface area (Å²) in [5.74, 6) is 0.251. The number of ether oxygens (including phenoxy) is 1. The van der Waals surface area contributed by atoms with E-state index >= 15 is 0 Å². The lowest BCUT2D eigenvalue weighted by Crippen LogP contribution is -2.33. The number of rotatable bonds is 7. The number of benzene rings is 1. The molecule has 0 unspecified atom stereocenters. The molecule has 0 saturated carbocycles. The third-order valence-electron chi connectivity index (χ3n) is 5.59. The summed E-state index contributed by atoms with van der Waals surface area (Å²) in [7, 11) is -6.31. The maximum absolute atomic E-state index is 12.6. The van der Waals surface area contributed by atoms with Gasteiger partial charge >= 0.3 is 0 Å². The van der Waals surface area contributed by atoms with Crippen LogP contribution in [0, 0.1) is 5.92 Å². The summed E-state index contributed by atoms with van der Waals surface area (Å²) >= 11 is 0. The highest BCUT2D eigenvalue weighted by Gasteiger charge is 2.27. The third kappa shape index (κ3) is 5.76. The second kappa shape index (κ2) is 8.68. The molecule has 0 bridgehead atoms. The van der Waals surface area contributed by atoms with Gasteiger partial charge in [-0.15, -0.1) is 0 Å². The van der Waals surface area contributed by atoms with E-state index in [1.165, 1.54) is 7.05 Å². The Morgan fingerprint density at radius 1 is 1.16 bits per heavy atom. The fourth-order valence-electron chi connectivity index (χ4n) is 3.78. The summed E-state index contributed by atoms with van der Waals surface area (Å²) in [5, 5.41) is 4.96. The summed E-state index contributed by atoms with van der Waals surface area (Å²) < 4.78 is 56.3. The van der Waals surface area contributed by atoms with Gasteiger partial charge in [-0.1, -0.05) is 20.8 Å². The number of aromatic nitrogens is 2. The molecule has 174 valence electrons. The van der Waals surface area contributed by atoms with Gasteiger partial charge in [-0.3, -0.25) is 4.31 Å². The van der Waals surface area contributed by atoms with E-state index in [0.717, 1.165) is 48.2 Å². The molecule has 1 aliphatic heterocycles. The summed E-state index contributed by atoms with van der Waals surface area (Å²) in [6.07, 6.45) is 2.01. The monoisotopic (exact) mass is 472 g/mol. The molecule has 1 aliphatic rings. The van der Waals surface area contributed by atoms with Crippen LogP contribution >= 0.6 is 0 Å². The smallest absolute Gasteiger partial charge is 0.235 e. The highest BCUT2D eigenvalue weighted by Crippen LogP contribution is 2.31. The van der Waals surface area contributed by atoms with Crippen LogP contribution < -0.4 is 9.44 Å². The maximum atomic E-state index is 12.6. The fourth-order valence-corrected chi connectivity index (χ4v) is 6.26. The van der Waals surface area contributed by atoms with Crippen molar-refractivity contribution in [1.82, 2.24) is 9.55 Å².